The molecule has 0 aliphatic carbocycles. The van der Waals surface area contributed by atoms with Crippen LogP contribution in [0, 0.1) is 17.9 Å². The van der Waals surface area contributed by atoms with E-state index in [1.807, 2.05) is 17.5 Å². The smallest absolute Gasteiger partial charge is 0.236 e. The molecule has 9 nitrogen and oxygen atoms in total. The van der Waals surface area contributed by atoms with E-state index >= 15 is 0 Å². The zero-order valence-electron chi connectivity index (χ0n) is 19.8. The summed E-state index contributed by atoms with van der Waals surface area (Å²) in [6.07, 6.45) is -0.991. The number of pyridine rings is 1. The van der Waals surface area contributed by atoms with Gasteiger partial charge in [-0.25, -0.2) is 14.8 Å². The van der Waals surface area contributed by atoms with Gasteiger partial charge < -0.3 is 26.0 Å². The van der Waals surface area contributed by atoms with Crippen LogP contribution in [0.3, 0.4) is 0 Å². The van der Waals surface area contributed by atoms with Crippen molar-refractivity contribution in [2.24, 2.45) is 0 Å². The number of ether oxygens (including phenoxy) is 1. The average Bonchev–Trinajstić information content (AvgIpc) is 3.37. The Morgan fingerprint density at radius 3 is 2.74 bits per heavy atom. The highest BCUT2D eigenvalue weighted by molar-refractivity contribution is 7.98. The van der Waals surface area contributed by atoms with E-state index in [-0.39, 0.29) is 23.7 Å². The molecular formula is C26H21ClN6O3S2. The van der Waals surface area contributed by atoms with Gasteiger partial charge in [0.15, 0.2) is 5.13 Å². The van der Waals surface area contributed by atoms with Crippen LogP contribution in [0.2, 0.25) is 5.02 Å². The number of nitriles is 1. The fourth-order valence-electron chi connectivity index (χ4n) is 3.40. The Bertz CT molecular complexity index is 1520. The second-order valence-corrected chi connectivity index (χ2v) is 10.1. The standard InChI is InChI=1S/C26H21ClN6O3S2/c1-30-23-22(15-5-7-20(8-6-15)36-12-19(35)11-34)21(10-28)25(33-24(23)29)37-13-18-14-38-26(32-18)31-17-4-2-3-16(27)9-17/h2-9,14,19,34-35H,11-13H2,(H2,29,33)(H,31,32)/t19-/m0/s1. The van der Waals surface area contributed by atoms with Crippen LogP contribution in [-0.2, 0) is 5.75 Å². The molecule has 2 aromatic heterocycles. The Kier molecular flexibility index (Phi) is 9.02. The van der Waals surface area contributed by atoms with Crippen LogP contribution in [0.15, 0.2) is 58.9 Å². The minimum atomic E-state index is -0.991. The molecule has 12 heteroatoms. The number of nitrogens with one attached hydrogen (secondary N) is 1. The van der Waals surface area contributed by atoms with E-state index in [0.717, 1.165) is 11.4 Å². The Balaban J connectivity index is 1.56. The van der Waals surface area contributed by atoms with Gasteiger partial charge >= 0.3 is 0 Å². The zero-order chi connectivity index (χ0) is 27.1. The summed E-state index contributed by atoms with van der Waals surface area (Å²) in [7, 11) is 0. The number of nitrogen functional groups attached to an aromatic ring is 1. The maximum absolute atomic E-state index is 10.0. The van der Waals surface area contributed by atoms with Crippen molar-refractivity contribution in [1.82, 2.24) is 9.97 Å². The molecule has 4 rings (SSSR count). The maximum Gasteiger partial charge on any atom is 0.236 e. The summed E-state index contributed by atoms with van der Waals surface area (Å²) in [6, 6.07) is 16.2. The number of aromatic nitrogens is 2. The van der Waals surface area contributed by atoms with Gasteiger partial charge in [0.2, 0.25) is 5.69 Å². The van der Waals surface area contributed by atoms with Crippen LogP contribution in [0.4, 0.5) is 22.3 Å². The van der Waals surface area contributed by atoms with Crippen molar-refractivity contribution in [3.8, 4) is 22.9 Å². The average molecular weight is 565 g/mol. The predicted octanol–water partition coefficient (Wildman–Crippen LogP) is 5.63. The molecule has 0 spiro atoms. The third kappa shape index (κ3) is 6.53. The van der Waals surface area contributed by atoms with Crippen LogP contribution in [-0.4, -0.2) is 39.5 Å². The number of halogens is 1. The first-order valence-electron chi connectivity index (χ1n) is 11.1. The van der Waals surface area contributed by atoms with Gasteiger partial charge in [-0.2, -0.15) is 5.26 Å². The van der Waals surface area contributed by atoms with Crippen molar-refractivity contribution in [2.45, 2.75) is 16.9 Å². The molecule has 1 atom stereocenters. The molecule has 0 bridgehead atoms. The highest BCUT2D eigenvalue weighted by atomic mass is 35.5. The predicted molar refractivity (Wildman–Crippen MR) is 150 cm³/mol. The largest absolute Gasteiger partial charge is 0.491 e. The van der Waals surface area contributed by atoms with Crippen molar-refractivity contribution in [3.63, 3.8) is 0 Å². The lowest BCUT2D eigenvalue weighted by atomic mass is 10.00. The number of rotatable bonds is 10. The molecule has 192 valence electrons. The fourth-order valence-corrected chi connectivity index (χ4v) is 5.31. The van der Waals surface area contributed by atoms with Gasteiger partial charge in [0.1, 0.15) is 35.4 Å². The number of aliphatic hydroxyl groups is 2. The Morgan fingerprint density at radius 1 is 1.26 bits per heavy atom. The van der Waals surface area contributed by atoms with Crippen molar-refractivity contribution >= 4 is 57.0 Å². The minimum Gasteiger partial charge on any atom is -0.491 e. The third-order valence-electron chi connectivity index (χ3n) is 5.17. The summed E-state index contributed by atoms with van der Waals surface area (Å²) >= 11 is 8.80. The van der Waals surface area contributed by atoms with Crippen molar-refractivity contribution in [3.05, 3.63) is 81.6 Å². The molecule has 38 heavy (non-hydrogen) atoms. The first kappa shape index (κ1) is 27.2. The monoisotopic (exact) mass is 564 g/mol. The van der Waals surface area contributed by atoms with Crippen LogP contribution < -0.4 is 15.8 Å². The molecule has 0 amide bonds. The van der Waals surface area contributed by atoms with Crippen molar-refractivity contribution in [1.29, 1.82) is 5.26 Å². The Labute approximate surface area is 232 Å². The molecular weight excluding hydrogens is 544 g/mol. The first-order chi connectivity index (χ1) is 18.4. The van der Waals surface area contributed by atoms with E-state index < -0.39 is 12.7 Å². The molecule has 4 aromatic rings. The van der Waals surface area contributed by atoms with Gasteiger partial charge in [0, 0.05) is 27.4 Å². The van der Waals surface area contributed by atoms with E-state index in [1.165, 1.54) is 23.1 Å². The maximum atomic E-state index is 10.0. The molecule has 0 unspecified atom stereocenters. The molecule has 5 N–H and O–H groups in total. The van der Waals surface area contributed by atoms with Gasteiger partial charge in [-0.15, -0.1) is 11.3 Å². The molecule has 0 fully saturated rings. The number of hydrogen-bond donors (Lipinski definition) is 4. The number of anilines is 3. The van der Waals surface area contributed by atoms with Crippen LogP contribution in [0.25, 0.3) is 16.0 Å². The first-order valence-corrected chi connectivity index (χ1v) is 13.4. The van der Waals surface area contributed by atoms with Gasteiger partial charge in [-0.1, -0.05) is 41.6 Å². The normalized spacial score (nSPS) is 11.4. The lowest BCUT2D eigenvalue weighted by Crippen LogP contribution is -2.21. The summed E-state index contributed by atoms with van der Waals surface area (Å²) in [5, 5.41) is 35.3. The van der Waals surface area contributed by atoms with Crippen molar-refractivity contribution < 1.29 is 14.9 Å². The number of benzene rings is 2. The van der Waals surface area contributed by atoms with Crippen LogP contribution >= 0.6 is 34.7 Å². The highest BCUT2D eigenvalue weighted by Gasteiger charge is 2.21. The number of nitrogens with zero attached hydrogens (tertiary/aromatic N) is 4. The van der Waals surface area contributed by atoms with Crippen molar-refractivity contribution in [2.75, 3.05) is 24.3 Å². The minimum absolute atomic E-state index is 0.0319. The van der Waals surface area contributed by atoms with E-state index in [1.54, 1.807) is 36.4 Å². The summed E-state index contributed by atoms with van der Waals surface area (Å²) in [6.45, 7) is 7.15. The highest BCUT2D eigenvalue weighted by Crippen LogP contribution is 2.42. The second kappa shape index (κ2) is 12.6. The lowest BCUT2D eigenvalue weighted by molar-refractivity contribution is 0.0536. The van der Waals surface area contributed by atoms with Gasteiger partial charge in [0.25, 0.3) is 0 Å². The molecule has 2 aromatic carbocycles. The van der Waals surface area contributed by atoms with Crippen LogP contribution in [0.5, 0.6) is 5.75 Å². The molecule has 0 saturated heterocycles. The molecule has 0 saturated carbocycles. The van der Waals surface area contributed by atoms with E-state index in [0.29, 0.717) is 37.8 Å². The molecule has 0 aliphatic heterocycles. The lowest BCUT2D eigenvalue weighted by Gasteiger charge is -2.14. The Hall–Kier alpha value is -3.84. The molecule has 2 heterocycles. The van der Waals surface area contributed by atoms with E-state index in [9.17, 15) is 10.4 Å². The summed E-state index contributed by atoms with van der Waals surface area (Å²) in [4.78, 5) is 12.5. The second-order valence-electron chi connectivity index (χ2n) is 7.86. The quantitative estimate of drug-likeness (QED) is 0.142. The number of hydrogen-bond acceptors (Lipinski definition) is 10. The van der Waals surface area contributed by atoms with E-state index in [2.05, 4.69) is 26.2 Å². The molecule has 0 aliphatic rings. The van der Waals surface area contributed by atoms with E-state index in [4.69, 9.17) is 33.8 Å². The third-order valence-corrected chi connectivity index (χ3v) is 7.22. The Morgan fingerprint density at radius 2 is 2.05 bits per heavy atom. The summed E-state index contributed by atoms with van der Waals surface area (Å²) in [5.74, 6) is 0.932. The fraction of sp³-hybridized carbons (Fsp3) is 0.154. The van der Waals surface area contributed by atoms with Gasteiger partial charge in [-0.3, -0.25) is 0 Å². The van der Waals surface area contributed by atoms with Gasteiger partial charge in [0.05, 0.1) is 24.4 Å². The topological polar surface area (TPSA) is 142 Å². The number of thioether (sulfide) groups is 1. The zero-order valence-corrected chi connectivity index (χ0v) is 22.1. The van der Waals surface area contributed by atoms with Crippen LogP contribution in [0.1, 0.15) is 11.3 Å². The molecule has 0 radical (unpaired) electrons. The SMILES string of the molecule is [C-]#[N+]c1c(N)nc(SCc2csc(Nc3cccc(Cl)c3)n2)c(C#N)c1-c1ccc(OC[C@@H](O)CO)cc1. The summed E-state index contributed by atoms with van der Waals surface area (Å²) in [5.41, 5.74) is 9.07. The number of thiazole rings is 1. The van der Waals surface area contributed by atoms with Gasteiger partial charge in [-0.05, 0) is 35.9 Å². The summed E-state index contributed by atoms with van der Waals surface area (Å²) < 4.78 is 5.45. The number of aliphatic hydroxyl groups excluding tert-OH is 2. The number of nitrogens with two attached hydrogens (primary N) is 1.